The Morgan fingerprint density at radius 3 is 2.62 bits per heavy atom. The van der Waals surface area contributed by atoms with Gasteiger partial charge < -0.3 is 10.6 Å². The molecule has 0 aliphatic heterocycles. The highest BCUT2D eigenvalue weighted by molar-refractivity contribution is 6.12. The zero-order valence-electron chi connectivity index (χ0n) is 11.5. The van der Waals surface area contributed by atoms with Crippen LogP contribution in [0.3, 0.4) is 0 Å². The van der Waals surface area contributed by atoms with Crippen LogP contribution in [-0.2, 0) is 0 Å². The van der Waals surface area contributed by atoms with Crippen LogP contribution in [-0.4, -0.2) is 22.9 Å². The molecule has 0 saturated carbocycles. The van der Waals surface area contributed by atoms with Gasteiger partial charge in [-0.2, -0.15) is 0 Å². The first-order valence-electron chi connectivity index (χ1n) is 6.57. The summed E-state index contributed by atoms with van der Waals surface area (Å²) in [5, 5.41) is 6.67. The molecule has 2 N–H and O–H groups in total. The summed E-state index contributed by atoms with van der Waals surface area (Å²) in [6.45, 7) is 0. The standard InChI is InChI=1S/C16H14N4O/c1-17-15-10-13(12-4-2-3-5-14(12)20-15)16(21)19-11-6-8-18-9-7-11/h2-10H,1H3,(H,17,20)(H,18,19,21). The molecule has 2 aromatic heterocycles. The highest BCUT2D eigenvalue weighted by Gasteiger charge is 2.12. The van der Waals surface area contributed by atoms with Gasteiger partial charge in [0.2, 0.25) is 0 Å². The minimum Gasteiger partial charge on any atom is -0.373 e. The van der Waals surface area contributed by atoms with Crippen LogP contribution in [0.15, 0.2) is 54.9 Å². The molecule has 0 spiro atoms. The van der Waals surface area contributed by atoms with Crippen molar-refractivity contribution >= 4 is 28.3 Å². The highest BCUT2D eigenvalue weighted by atomic mass is 16.1. The van der Waals surface area contributed by atoms with Crippen LogP contribution >= 0.6 is 0 Å². The zero-order chi connectivity index (χ0) is 14.7. The van der Waals surface area contributed by atoms with Crippen LogP contribution in [0.25, 0.3) is 10.9 Å². The van der Waals surface area contributed by atoms with Gasteiger partial charge in [-0.1, -0.05) is 18.2 Å². The number of carbonyl (C=O) groups excluding carboxylic acids is 1. The van der Waals surface area contributed by atoms with Gasteiger partial charge in [0.1, 0.15) is 5.82 Å². The first-order chi connectivity index (χ1) is 10.3. The van der Waals surface area contributed by atoms with Gasteiger partial charge in [0.05, 0.1) is 11.1 Å². The molecule has 0 unspecified atom stereocenters. The maximum atomic E-state index is 12.5. The predicted molar refractivity (Wildman–Crippen MR) is 83.5 cm³/mol. The van der Waals surface area contributed by atoms with E-state index in [0.29, 0.717) is 17.1 Å². The van der Waals surface area contributed by atoms with Crippen LogP contribution in [0.4, 0.5) is 11.5 Å². The van der Waals surface area contributed by atoms with E-state index in [4.69, 9.17) is 0 Å². The lowest BCUT2D eigenvalue weighted by molar-refractivity contribution is 0.102. The fourth-order valence-corrected chi connectivity index (χ4v) is 2.13. The van der Waals surface area contributed by atoms with E-state index < -0.39 is 0 Å². The first kappa shape index (κ1) is 13.1. The minimum absolute atomic E-state index is 0.170. The van der Waals surface area contributed by atoms with Gasteiger partial charge >= 0.3 is 0 Å². The average molecular weight is 278 g/mol. The second kappa shape index (κ2) is 5.58. The molecule has 0 saturated heterocycles. The molecular weight excluding hydrogens is 264 g/mol. The number of aromatic nitrogens is 2. The Morgan fingerprint density at radius 2 is 1.86 bits per heavy atom. The minimum atomic E-state index is -0.170. The maximum Gasteiger partial charge on any atom is 0.256 e. The number of anilines is 2. The molecule has 0 atom stereocenters. The number of hydrogen-bond donors (Lipinski definition) is 2. The molecule has 0 fully saturated rings. The molecule has 3 aromatic rings. The monoisotopic (exact) mass is 278 g/mol. The zero-order valence-corrected chi connectivity index (χ0v) is 11.5. The van der Waals surface area contributed by atoms with Crippen LogP contribution in [0.2, 0.25) is 0 Å². The SMILES string of the molecule is CNc1cc(C(=O)Nc2ccncc2)c2ccccc2n1. The maximum absolute atomic E-state index is 12.5. The number of nitrogens with one attached hydrogen (secondary N) is 2. The van der Waals surface area contributed by atoms with Crippen LogP contribution in [0, 0.1) is 0 Å². The second-order valence-corrected chi connectivity index (χ2v) is 4.51. The summed E-state index contributed by atoms with van der Waals surface area (Å²) < 4.78 is 0. The summed E-state index contributed by atoms with van der Waals surface area (Å²) in [6, 6.07) is 12.8. The smallest absolute Gasteiger partial charge is 0.256 e. The van der Waals surface area contributed by atoms with Gasteiger partial charge in [-0.25, -0.2) is 4.98 Å². The fraction of sp³-hybridized carbons (Fsp3) is 0.0625. The lowest BCUT2D eigenvalue weighted by Gasteiger charge is -2.10. The number of carbonyl (C=O) groups is 1. The summed E-state index contributed by atoms with van der Waals surface area (Å²) in [4.78, 5) is 20.9. The van der Waals surface area contributed by atoms with E-state index in [0.717, 1.165) is 10.9 Å². The predicted octanol–water partition coefficient (Wildman–Crippen LogP) is 2.92. The van der Waals surface area contributed by atoms with Crippen molar-refractivity contribution in [2.45, 2.75) is 0 Å². The van der Waals surface area contributed by atoms with E-state index in [2.05, 4.69) is 20.6 Å². The number of fused-ring (bicyclic) bond motifs is 1. The van der Waals surface area contributed by atoms with E-state index in [1.165, 1.54) is 0 Å². The summed E-state index contributed by atoms with van der Waals surface area (Å²) in [5.41, 5.74) is 2.08. The molecule has 1 aromatic carbocycles. The Kier molecular flexibility index (Phi) is 3.47. The van der Waals surface area contributed by atoms with E-state index in [9.17, 15) is 4.79 Å². The van der Waals surface area contributed by atoms with Crippen LogP contribution < -0.4 is 10.6 Å². The van der Waals surface area contributed by atoms with Gasteiger partial charge in [-0.05, 0) is 24.3 Å². The van der Waals surface area contributed by atoms with Crippen molar-refractivity contribution < 1.29 is 4.79 Å². The molecule has 0 bridgehead atoms. The molecule has 0 aliphatic carbocycles. The average Bonchev–Trinajstić information content (AvgIpc) is 2.54. The van der Waals surface area contributed by atoms with Crippen LogP contribution in [0.5, 0.6) is 0 Å². The number of amides is 1. The Hall–Kier alpha value is -2.95. The third kappa shape index (κ3) is 2.67. The molecule has 0 radical (unpaired) electrons. The van der Waals surface area contributed by atoms with E-state index in [1.54, 1.807) is 37.6 Å². The van der Waals surface area contributed by atoms with Gasteiger partial charge in [-0.15, -0.1) is 0 Å². The van der Waals surface area contributed by atoms with E-state index in [1.807, 2.05) is 24.3 Å². The lowest BCUT2D eigenvalue weighted by atomic mass is 10.1. The van der Waals surface area contributed by atoms with Crippen molar-refractivity contribution in [1.29, 1.82) is 0 Å². The second-order valence-electron chi connectivity index (χ2n) is 4.51. The lowest BCUT2D eigenvalue weighted by Crippen LogP contribution is -2.13. The first-order valence-corrected chi connectivity index (χ1v) is 6.57. The van der Waals surface area contributed by atoms with Gasteiger partial charge in [0.15, 0.2) is 0 Å². The number of pyridine rings is 2. The van der Waals surface area contributed by atoms with Crippen LogP contribution in [0.1, 0.15) is 10.4 Å². The molecular formula is C16H14N4O. The van der Waals surface area contributed by atoms with Crippen molar-refractivity contribution in [3.8, 4) is 0 Å². The summed E-state index contributed by atoms with van der Waals surface area (Å²) >= 11 is 0. The molecule has 3 rings (SSSR count). The molecule has 0 aliphatic rings. The topological polar surface area (TPSA) is 66.9 Å². The summed E-state index contributed by atoms with van der Waals surface area (Å²) in [5.74, 6) is 0.491. The van der Waals surface area contributed by atoms with Crippen molar-refractivity contribution in [2.75, 3.05) is 17.7 Å². The summed E-state index contributed by atoms with van der Waals surface area (Å²) in [7, 11) is 1.78. The van der Waals surface area contributed by atoms with Gasteiger partial charge in [0, 0.05) is 30.5 Å². The third-order valence-corrected chi connectivity index (χ3v) is 3.16. The number of para-hydroxylation sites is 1. The Morgan fingerprint density at radius 1 is 1.10 bits per heavy atom. The molecule has 5 heteroatoms. The highest BCUT2D eigenvalue weighted by Crippen LogP contribution is 2.21. The number of nitrogens with zero attached hydrogens (tertiary/aromatic N) is 2. The van der Waals surface area contributed by atoms with Gasteiger partial charge in [0.25, 0.3) is 5.91 Å². The van der Waals surface area contributed by atoms with E-state index >= 15 is 0 Å². The van der Waals surface area contributed by atoms with Crippen molar-refractivity contribution in [1.82, 2.24) is 9.97 Å². The fourth-order valence-electron chi connectivity index (χ4n) is 2.13. The Bertz CT molecular complexity index is 787. The quantitative estimate of drug-likeness (QED) is 0.773. The number of rotatable bonds is 3. The largest absolute Gasteiger partial charge is 0.373 e. The third-order valence-electron chi connectivity index (χ3n) is 3.16. The van der Waals surface area contributed by atoms with E-state index in [-0.39, 0.29) is 5.91 Å². The number of benzene rings is 1. The molecule has 21 heavy (non-hydrogen) atoms. The Balaban J connectivity index is 2.04. The molecule has 104 valence electrons. The Labute approximate surface area is 122 Å². The van der Waals surface area contributed by atoms with Gasteiger partial charge in [-0.3, -0.25) is 9.78 Å². The summed E-state index contributed by atoms with van der Waals surface area (Å²) in [6.07, 6.45) is 3.28. The van der Waals surface area contributed by atoms with Crippen molar-refractivity contribution in [3.63, 3.8) is 0 Å². The normalized spacial score (nSPS) is 10.3. The molecule has 2 heterocycles. The molecule has 5 nitrogen and oxygen atoms in total. The van der Waals surface area contributed by atoms with Crippen molar-refractivity contribution in [2.24, 2.45) is 0 Å². The molecule has 1 amide bonds. The van der Waals surface area contributed by atoms with Crippen molar-refractivity contribution in [3.05, 3.63) is 60.4 Å². The number of hydrogen-bond acceptors (Lipinski definition) is 4.